The molecule has 1 aromatic rings. The first-order valence-electron chi connectivity index (χ1n) is 7.03. The van der Waals surface area contributed by atoms with Crippen molar-refractivity contribution in [2.75, 3.05) is 19.8 Å². The smallest absolute Gasteiger partial charge is 0.339 e. The Kier molecular flexibility index (Phi) is 3.30. The summed E-state index contributed by atoms with van der Waals surface area (Å²) >= 11 is 0. The Hall–Kier alpha value is -1.40. The van der Waals surface area contributed by atoms with E-state index in [9.17, 15) is 9.90 Å². The average molecular weight is 280 g/mol. The maximum Gasteiger partial charge on any atom is 0.339 e. The largest absolute Gasteiger partial charge is 0.478 e. The summed E-state index contributed by atoms with van der Waals surface area (Å²) in [6.45, 7) is 5.63. The highest BCUT2D eigenvalue weighted by atomic mass is 16.6. The Balaban J connectivity index is 1.89. The predicted molar refractivity (Wildman–Crippen MR) is 71.1 cm³/mol. The number of nitrogens with zero attached hydrogens (tertiary/aromatic N) is 2. The van der Waals surface area contributed by atoms with E-state index in [2.05, 4.69) is 5.10 Å². The van der Waals surface area contributed by atoms with Gasteiger partial charge < -0.3 is 14.6 Å². The highest BCUT2D eigenvalue weighted by Gasteiger charge is 2.42. The van der Waals surface area contributed by atoms with Crippen molar-refractivity contribution in [3.05, 3.63) is 17.0 Å². The van der Waals surface area contributed by atoms with Gasteiger partial charge in [0.2, 0.25) is 0 Å². The van der Waals surface area contributed by atoms with Crippen molar-refractivity contribution in [1.82, 2.24) is 9.78 Å². The molecule has 0 aliphatic carbocycles. The van der Waals surface area contributed by atoms with Gasteiger partial charge >= 0.3 is 5.97 Å². The number of aromatic nitrogens is 2. The molecule has 1 aromatic heterocycles. The third-order valence-corrected chi connectivity index (χ3v) is 4.42. The van der Waals surface area contributed by atoms with Crippen molar-refractivity contribution in [3.63, 3.8) is 0 Å². The number of carboxylic acids is 1. The Labute approximate surface area is 117 Å². The van der Waals surface area contributed by atoms with E-state index in [1.165, 1.54) is 0 Å². The highest BCUT2D eigenvalue weighted by Crippen LogP contribution is 2.38. The minimum atomic E-state index is -0.905. The van der Waals surface area contributed by atoms with Crippen LogP contribution >= 0.6 is 0 Å². The first kappa shape index (κ1) is 13.6. The molecule has 0 amide bonds. The van der Waals surface area contributed by atoms with E-state index in [1.807, 2.05) is 11.6 Å². The van der Waals surface area contributed by atoms with E-state index in [1.54, 1.807) is 6.92 Å². The fraction of sp³-hybridized carbons (Fsp3) is 0.714. The second kappa shape index (κ2) is 4.86. The lowest BCUT2D eigenvalue weighted by molar-refractivity contribution is -0.0964. The molecule has 2 atom stereocenters. The van der Waals surface area contributed by atoms with Crippen LogP contribution in [0.3, 0.4) is 0 Å². The molecule has 6 heteroatoms. The van der Waals surface area contributed by atoms with Crippen molar-refractivity contribution >= 4 is 5.97 Å². The maximum atomic E-state index is 11.3. The van der Waals surface area contributed by atoms with E-state index in [0.29, 0.717) is 24.5 Å². The number of carbonyl (C=O) groups is 1. The maximum absolute atomic E-state index is 11.3. The van der Waals surface area contributed by atoms with Gasteiger partial charge in [-0.1, -0.05) is 0 Å². The molecule has 3 rings (SSSR count). The van der Waals surface area contributed by atoms with Gasteiger partial charge in [-0.3, -0.25) is 4.68 Å². The minimum absolute atomic E-state index is 0.192. The third kappa shape index (κ3) is 2.13. The summed E-state index contributed by atoms with van der Waals surface area (Å²) in [5.41, 5.74) is 1.45. The monoisotopic (exact) mass is 280 g/mol. The van der Waals surface area contributed by atoms with E-state index >= 15 is 0 Å². The Morgan fingerprint density at radius 3 is 2.85 bits per heavy atom. The van der Waals surface area contributed by atoms with E-state index in [-0.39, 0.29) is 11.6 Å². The number of carboxylic acid groups (broad SMARTS) is 1. The molecule has 2 fully saturated rings. The van der Waals surface area contributed by atoms with Crippen LogP contribution in [0.4, 0.5) is 0 Å². The van der Waals surface area contributed by atoms with Gasteiger partial charge in [-0.15, -0.1) is 0 Å². The summed E-state index contributed by atoms with van der Waals surface area (Å²) in [4.78, 5) is 11.3. The summed E-state index contributed by atoms with van der Waals surface area (Å²) in [5.74, 6) is -0.905. The standard InChI is InChI=1S/C14H20N2O4/c1-9-12(13(17)18)10(2)16(15-9)11-3-5-20-14(7-11)4-6-19-8-14/h11H,3-8H2,1-2H3,(H,17,18). The van der Waals surface area contributed by atoms with Crippen LogP contribution in [0, 0.1) is 13.8 Å². The van der Waals surface area contributed by atoms with Gasteiger partial charge in [0.1, 0.15) is 5.56 Å². The summed E-state index contributed by atoms with van der Waals surface area (Å²) in [5, 5.41) is 13.7. The number of hydrogen-bond acceptors (Lipinski definition) is 4. The molecule has 1 spiro atoms. The van der Waals surface area contributed by atoms with Crippen molar-refractivity contribution in [2.24, 2.45) is 0 Å². The molecule has 2 saturated heterocycles. The van der Waals surface area contributed by atoms with Gasteiger partial charge in [-0.25, -0.2) is 4.79 Å². The zero-order valence-electron chi connectivity index (χ0n) is 11.9. The van der Waals surface area contributed by atoms with Crippen LogP contribution < -0.4 is 0 Å². The zero-order valence-corrected chi connectivity index (χ0v) is 11.9. The van der Waals surface area contributed by atoms with E-state index in [4.69, 9.17) is 9.47 Å². The van der Waals surface area contributed by atoms with Gasteiger partial charge in [-0.2, -0.15) is 5.10 Å². The summed E-state index contributed by atoms with van der Waals surface area (Å²) in [7, 11) is 0. The number of aryl methyl sites for hydroxylation is 1. The summed E-state index contributed by atoms with van der Waals surface area (Å²) in [6.07, 6.45) is 2.62. The van der Waals surface area contributed by atoms with Gasteiger partial charge in [0.15, 0.2) is 0 Å². The van der Waals surface area contributed by atoms with Crippen LogP contribution in [0.25, 0.3) is 0 Å². The quantitative estimate of drug-likeness (QED) is 0.892. The lowest BCUT2D eigenvalue weighted by atomic mass is 9.89. The van der Waals surface area contributed by atoms with Crippen molar-refractivity contribution < 1.29 is 19.4 Å². The molecule has 0 radical (unpaired) electrons. The van der Waals surface area contributed by atoms with Crippen LogP contribution in [-0.2, 0) is 9.47 Å². The van der Waals surface area contributed by atoms with E-state index in [0.717, 1.165) is 31.6 Å². The lowest BCUT2D eigenvalue weighted by Gasteiger charge is -2.37. The minimum Gasteiger partial charge on any atom is -0.478 e. The first-order valence-corrected chi connectivity index (χ1v) is 7.03. The SMILES string of the molecule is Cc1nn(C2CCOC3(CCOC3)C2)c(C)c1C(=O)O. The number of ether oxygens (including phenoxy) is 2. The second-order valence-electron chi connectivity index (χ2n) is 5.78. The van der Waals surface area contributed by atoms with Crippen LogP contribution in [0.1, 0.15) is 47.1 Å². The molecule has 3 heterocycles. The molecule has 0 saturated carbocycles. The second-order valence-corrected chi connectivity index (χ2v) is 5.78. The van der Waals surface area contributed by atoms with Gasteiger partial charge in [0.25, 0.3) is 0 Å². The molecule has 1 N–H and O–H groups in total. The Bertz CT molecular complexity index is 532. The van der Waals surface area contributed by atoms with Crippen LogP contribution in [-0.4, -0.2) is 46.3 Å². The normalized spacial score (nSPS) is 30.0. The molecular formula is C14H20N2O4. The number of aromatic carboxylic acids is 1. The van der Waals surface area contributed by atoms with Gasteiger partial charge in [-0.05, 0) is 20.3 Å². The molecular weight excluding hydrogens is 260 g/mol. The highest BCUT2D eigenvalue weighted by molar-refractivity contribution is 5.90. The fourth-order valence-electron chi connectivity index (χ4n) is 3.40. The third-order valence-electron chi connectivity index (χ3n) is 4.42. The molecule has 6 nitrogen and oxygen atoms in total. The summed E-state index contributed by atoms with van der Waals surface area (Å²) in [6, 6.07) is 0.192. The summed E-state index contributed by atoms with van der Waals surface area (Å²) < 4.78 is 13.3. The van der Waals surface area contributed by atoms with Gasteiger partial charge in [0.05, 0.1) is 29.6 Å². The first-order chi connectivity index (χ1) is 9.52. The Morgan fingerprint density at radius 1 is 1.45 bits per heavy atom. The van der Waals surface area contributed by atoms with Crippen molar-refractivity contribution in [3.8, 4) is 0 Å². The van der Waals surface area contributed by atoms with Gasteiger partial charge in [0, 0.05) is 26.1 Å². The fourth-order valence-corrected chi connectivity index (χ4v) is 3.40. The molecule has 2 aliphatic heterocycles. The lowest BCUT2D eigenvalue weighted by Crippen LogP contribution is -2.41. The average Bonchev–Trinajstić information content (AvgIpc) is 2.95. The van der Waals surface area contributed by atoms with Crippen LogP contribution in [0.5, 0.6) is 0 Å². The molecule has 0 aromatic carbocycles. The molecule has 2 unspecified atom stereocenters. The van der Waals surface area contributed by atoms with Crippen molar-refractivity contribution in [1.29, 1.82) is 0 Å². The molecule has 110 valence electrons. The zero-order chi connectivity index (χ0) is 14.3. The topological polar surface area (TPSA) is 73.6 Å². The molecule has 2 aliphatic rings. The Morgan fingerprint density at radius 2 is 2.25 bits per heavy atom. The van der Waals surface area contributed by atoms with E-state index < -0.39 is 5.97 Å². The predicted octanol–water partition coefficient (Wildman–Crippen LogP) is 1.71. The number of rotatable bonds is 2. The van der Waals surface area contributed by atoms with Crippen molar-refractivity contribution in [2.45, 2.75) is 44.8 Å². The van der Waals surface area contributed by atoms with Crippen LogP contribution in [0.2, 0.25) is 0 Å². The number of hydrogen-bond donors (Lipinski definition) is 1. The van der Waals surface area contributed by atoms with Crippen LogP contribution in [0.15, 0.2) is 0 Å². The molecule has 0 bridgehead atoms. The molecule has 20 heavy (non-hydrogen) atoms.